The van der Waals surface area contributed by atoms with Crippen LogP contribution >= 0.6 is 0 Å². The van der Waals surface area contributed by atoms with E-state index in [2.05, 4.69) is 5.32 Å². The maximum absolute atomic E-state index is 13.4. The number of rotatable bonds is 7. The molecular weight excluding hydrogens is 392 g/mol. The molecule has 3 aromatic rings. The molecule has 1 atom stereocenters. The standard InChI is InChI=1S/C25H24N2O4/c1-30-20-13-19(14-21(15-20)31-2)26-24(28)23(12-17-8-4-3-5-9-17)27-16-18-10-6-7-11-22(18)25(27)29/h3-11,13-15,23H,12,16H2,1-2H3,(H,26,28). The molecule has 0 saturated carbocycles. The molecule has 3 aromatic carbocycles. The van der Waals surface area contributed by atoms with Crippen LogP contribution in [0.25, 0.3) is 0 Å². The van der Waals surface area contributed by atoms with Crippen LogP contribution in [0, 0.1) is 0 Å². The summed E-state index contributed by atoms with van der Waals surface area (Å²) in [6.45, 7) is 0.404. The molecule has 6 heteroatoms. The molecule has 0 spiro atoms. The van der Waals surface area contributed by atoms with Crippen LogP contribution in [0.15, 0.2) is 72.8 Å². The number of nitrogens with one attached hydrogen (secondary N) is 1. The Morgan fingerprint density at radius 2 is 1.61 bits per heavy atom. The Kier molecular flexibility index (Phi) is 5.89. The summed E-state index contributed by atoms with van der Waals surface area (Å²) in [5.74, 6) is 0.744. The van der Waals surface area contributed by atoms with Crippen LogP contribution < -0.4 is 14.8 Å². The Balaban J connectivity index is 1.63. The summed E-state index contributed by atoms with van der Waals surface area (Å²) in [5.41, 5.74) is 3.11. The summed E-state index contributed by atoms with van der Waals surface area (Å²) in [7, 11) is 3.11. The van der Waals surface area contributed by atoms with Crippen molar-refractivity contribution in [2.24, 2.45) is 0 Å². The van der Waals surface area contributed by atoms with Crippen LogP contribution in [0.5, 0.6) is 11.5 Å². The van der Waals surface area contributed by atoms with E-state index in [1.807, 2.05) is 54.6 Å². The average Bonchev–Trinajstić information content (AvgIpc) is 3.14. The van der Waals surface area contributed by atoms with Crippen molar-refractivity contribution >= 4 is 17.5 Å². The highest BCUT2D eigenvalue weighted by Crippen LogP contribution is 2.29. The first-order valence-electron chi connectivity index (χ1n) is 10.1. The largest absolute Gasteiger partial charge is 0.497 e. The van der Waals surface area contributed by atoms with Gasteiger partial charge >= 0.3 is 0 Å². The summed E-state index contributed by atoms with van der Waals surface area (Å²) in [5, 5.41) is 2.94. The molecule has 0 radical (unpaired) electrons. The van der Waals surface area contributed by atoms with Gasteiger partial charge < -0.3 is 19.7 Å². The quantitative estimate of drug-likeness (QED) is 0.634. The van der Waals surface area contributed by atoms with Gasteiger partial charge in [0.05, 0.1) is 14.2 Å². The van der Waals surface area contributed by atoms with Crippen molar-refractivity contribution in [2.45, 2.75) is 19.0 Å². The molecule has 1 unspecified atom stereocenters. The second-order valence-electron chi connectivity index (χ2n) is 7.39. The second kappa shape index (κ2) is 8.92. The van der Waals surface area contributed by atoms with Gasteiger partial charge in [-0.15, -0.1) is 0 Å². The van der Waals surface area contributed by atoms with E-state index in [0.29, 0.717) is 35.7 Å². The fraction of sp³-hybridized carbons (Fsp3) is 0.200. The lowest BCUT2D eigenvalue weighted by atomic mass is 10.0. The van der Waals surface area contributed by atoms with Crippen molar-refractivity contribution < 1.29 is 19.1 Å². The minimum Gasteiger partial charge on any atom is -0.497 e. The molecule has 6 nitrogen and oxygen atoms in total. The maximum Gasteiger partial charge on any atom is 0.255 e. The monoisotopic (exact) mass is 416 g/mol. The van der Waals surface area contributed by atoms with E-state index in [1.165, 1.54) is 0 Å². The van der Waals surface area contributed by atoms with Crippen LogP contribution in [-0.2, 0) is 17.8 Å². The lowest BCUT2D eigenvalue weighted by molar-refractivity contribution is -0.120. The zero-order valence-corrected chi connectivity index (χ0v) is 17.5. The van der Waals surface area contributed by atoms with Crippen molar-refractivity contribution in [3.05, 3.63) is 89.5 Å². The normalized spacial score (nSPS) is 13.5. The molecule has 2 amide bonds. The summed E-state index contributed by atoms with van der Waals surface area (Å²) in [6.07, 6.45) is 0.410. The minimum atomic E-state index is -0.667. The van der Waals surface area contributed by atoms with Gasteiger partial charge in [-0.2, -0.15) is 0 Å². The Bertz CT molecular complexity index is 1080. The van der Waals surface area contributed by atoms with Crippen molar-refractivity contribution in [3.63, 3.8) is 0 Å². The molecule has 0 aliphatic carbocycles. The lowest BCUT2D eigenvalue weighted by Crippen LogP contribution is -2.45. The average molecular weight is 416 g/mol. The highest BCUT2D eigenvalue weighted by molar-refractivity contribution is 6.03. The zero-order valence-electron chi connectivity index (χ0n) is 17.5. The van der Waals surface area contributed by atoms with E-state index in [9.17, 15) is 9.59 Å². The Hall–Kier alpha value is -3.80. The predicted octanol–water partition coefficient (Wildman–Crippen LogP) is 3.91. The number of hydrogen-bond acceptors (Lipinski definition) is 4. The number of fused-ring (bicyclic) bond motifs is 1. The Labute approximate surface area is 181 Å². The highest BCUT2D eigenvalue weighted by atomic mass is 16.5. The topological polar surface area (TPSA) is 67.9 Å². The van der Waals surface area contributed by atoms with E-state index in [0.717, 1.165) is 11.1 Å². The van der Waals surface area contributed by atoms with Crippen LogP contribution in [0.1, 0.15) is 21.5 Å². The molecule has 0 fully saturated rings. The van der Waals surface area contributed by atoms with Gasteiger partial charge in [-0.1, -0.05) is 48.5 Å². The van der Waals surface area contributed by atoms with E-state index < -0.39 is 6.04 Å². The number of amides is 2. The molecular formula is C25H24N2O4. The lowest BCUT2D eigenvalue weighted by Gasteiger charge is -2.27. The molecule has 1 N–H and O–H groups in total. The van der Waals surface area contributed by atoms with Crippen molar-refractivity contribution in [1.82, 2.24) is 4.90 Å². The fourth-order valence-corrected chi connectivity index (χ4v) is 3.82. The van der Waals surface area contributed by atoms with Crippen LogP contribution in [0.3, 0.4) is 0 Å². The van der Waals surface area contributed by atoms with E-state index in [4.69, 9.17) is 9.47 Å². The Morgan fingerprint density at radius 1 is 0.968 bits per heavy atom. The fourth-order valence-electron chi connectivity index (χ4n) is 3.82. The molecule has 1 heterocycles. The third kappa shape index (κ3) is 4.38. The van der Waals surface area contributed by atoms with Gasteiger partial charge in [0.1, 0.15) is 17.5 Å². The molecule has 1 aliphatic rings. The number of ether oxygens (including phenoxy) is 2. The van der Waals surface area contributed by atoms with Crippen LogP contribution in [0.2, 0.25) is 0 Å². The first-order chi connectivity index (χ1) is 15.1. The molecule has 31 heavy (non-hydrogen) atoms. The molecule has 0 aromatic heterocycles. The van der Waals surface area contributed by atoms with Gasteiger partial charge in [0.25, 0.3) is 5.91 Å². The van der Waals surface area contributed by atoms with Crippen LogP contribution in [0.4, 0.5) is 5.69 Å². The SMILES string of the molecule is COc1cc(NC(=O)C(Cc2ccccc2)N2Cc3ccccc3C2=O)cc(OC)c1. The number of nitrogens with zero attached hydrogens (tertiary/aromatic N) is 1. The number of carbonyl (C=O) groups is 2. The highest BCUT2D eigenvalue weighted by Gasteiger charge is 2.36. The summed E-state index contributed by atoms with van der Waals surface area (Å²) in [4.78, 5) is 28.1. The van der Waals surface area contributed by atoms with Crippen molar-refractivity contribution in [1.29, 1.82) is 0 Å². The van der Waals surface area contributed by atoms with Crippen molar-refractivity contribution in [2.75, 3.05) is 19.5 Å². The summed E-state index contributed by atoms with van der Waals surface area (Å²) >= 11 is 0. The number of carbonyl (C=O) groups excluding carboxylic acids is 2. The Morgan fingerprint density at radius 3 is 2.26 bits per heavy atom. The smallest absolute Gasteiger partial charge is 0.255 e. The summed E-state index contributed by atoms with van der Waals surface area (Å²) in [6, 6.07) is 21.7. The summed E-state index contributed by atoms with van der Waals surface area (Å²) < 4.78 is 10.6. The van der Waals surface area contributed by atoms with Gasteiger partial charge in [0.2, 0.25) is 5.91 Å². The third-order valence-electron chi connectivity index (χ3n) is 5.42. The number of anilines is 1. The van der Waals surface area contributed by atoms with Gasteiger partial charge in [-0.05, 0) is 17.2 Å². The zero-order chi connectivity index (χ0) is 21.8. The van der Waals surface area contributed by atoms with Gasteiger partial charge in [0, 0.05) is 42.4 Å². The van der Waals surface area contributed by atoms with Gasteiger partial charge in [-0.25, -0.2) is 0 Å². The number of methoxy groups -OCH3 is 2. The van der Waals surface area contributed by atoms with Crippen molar-refractivity contribution in [3.8, 4) is 11.5 Å². The van der Waals surface area contributed by atoms with Gasteiger partial charge in [-0.3, -0.25) is 9.59 Å². The number of hydrogen-bond donors (Lipinski definition) is 1. The number of benzene rings is 3. The maximum atomic E-state index is 13.4. The van der Waals surface area contributed by atoms with E-state index >= 15 is 0 Å². The van der Waals surface area contributed by atoms with Crippen LogP contribution in [-0.4, -0.2) is 37.0 Å². The first kappa shape index (κ1) is 20.5. The van der Waals surface area contributed by atoms with E-state index in [-0.39, 0.29) is 11.8 Å². The molecule has 4 rings (SSSR count). The molecule has 1 aliphatic heterocycles. The third-order valence-corrected chi connectivity index (χ3v) is 5.42. The molecule has 158 valence electrons. The predicted molar refractivity (Wildman–Crippen MR) is 118 cm³/mol. The first-order valence-corrected chi connectivity index (χ1v) is 10.1. The molecule has 0 saturated heterocycles. The minimum absolute atomic E-state index is 0.130. The second-order valence-corrected chi connectivity index (χ2v) is 7.39. The van der Waals surface area contributed by atoms with Gasteiger partial charge in [0.15, 0.2) is 0 Å². The van der Waals surface area contributed by atoms with E-state index in [1.54, 1.807) is 37.3 Å². The molecule has 0 bridgehead atoms.